The van der Waals surface area contributed by atoms with E-state index < -0.39 is 0 Å². The Morgan fingerprint density at radius 1 is 1.10 bits per heavy atom. The molecule has 156 valence electrons. The van der Waals surface area contributed by atoms with Crippen molar-refractivity contribution >= 4 is 63.5 Å². The van der Waals surface area contributed by atoms with Crippen molar-refractivity contribution in [2.24, 2.45) is 0 Å². The predicted molar refractivity (Wildman–Crippen MR) is 130 cm³/mol. The Bertz CT molecular complexity index is 956. The van der Waals surface area contributed by atoms with Gasteiger partial charge in [-0.2, -0.15) is 0 Å². The fourth-order valence-corrected chi connectivity index (χ4v) is 4.43. The number of aryl methyl sites for hydroxylation is 1. The van der Waals surface area contributed by atoms with Crippen LogP contribution >= 0.6 is 35.6 Å². The van der Waals surface area contributed by atoms with Gasteiger partial charge < -0.3 is 5.32 Å². The average Bonchev–Trinajstić information content (AvgIpc) is 2.98. The zero-order valence-electron chi connectivity index (χ0n) is 16.7. The van der Waals surface area contributed by atoms with Gasteiger partial charge in [-0.1, -0.05) is 71.8 Å². The van der Waals surface area contributed by atoms with Crippen LogP contribution in [-0.4, -0.2) is 27.6 Å². The lowest BCUT2D eigenvalue weighted by molar-refractivity contribution is -0.122. The summed E-state index contributed by atoms with van der Waals surface area (Å²) in [6, 6.07) is 15.1. The summed E-state index contributed by atoms with van der Waals surface area (Å²) in [6.07, 6.45) is 4.73. The normalized spacial score (nSPS) is 15.1. The number of rotatable bonds is 8. The molecule has 0 atom stereocenters. The molecule has 2 aromatic rings. The van der Waals surface area contributed by atoms with E-state index in [4.69, 9.17) is 23.8 Å². The lowest BCUT2D eigenvalue weighted by Crippen LogP contribution is -2.29. The van der Waals surface area contributed by atoms with Crippen molar-refractivity contribution in [2.45, 2.75) is 32.6 Å². The van der Waals surface area contributed by atoms with Crippen molar-refractivity contribution in [2.75, 3.05) is 11.9 Å². The van der Waals surface area contributed by atoms with Crippen LogP contribution in [0.3, 0.4) is 0 Å². The molecule has 0 unspecified atom stereocenters. The van der Waals surface area contributed by atoms with Crippen molar-refractivity contribution in [3.05, 3.63) is 69.6 Å². The maximum atomic E-state index is 12.6. The minimum absolute atomic E-state index is 0.00959. The van der Waals surface area contributed by atoms with E-state index in [-0.39, 0.29) is 11.8 Å². The van der Waals surface area contributed by atoms with Crippen LogP contribution in [0.4, 0.5) is 5.69 Å². The monoisotopic (exact) mass is 458 g/mol. The summed E-state index contributed by atoms with van der Waals surface area (Å²) in [6.45, 7) is 2.58. The average molecular weight is 459 g/mol. The number of carbonyl (C=O) groups is 2. The molecule has 0 aliphatic carbocycles. The molecule has 1 aliphatic heterocycles. The Hall–Kier alpha value is -2.15. The lowest BCUT2D eigenvalue weighted by atomic mass is 10.1. The van der Waals surface area contributed by atoms with Gasteiger partial charge >= 0.3 is 0 Å². The van der Waals surface area contributed by atoms with Crippen LogP contribution in [0.1, 0.15) is 36.8 Å². The first-order chi connectivity index (χ1) is 14.4. The molecule has 7 heteroatoms. The molecule has 1 heterocycles. The quantitative estimate of drug-likeness (QED) is 0.297. The van der Waals surface area contributed by atoms with Gasteiger partial charge in [0.25, 0.3) is 5.91 Å². The summed E-state index contributed by atoms with van der Waals surface area (Å²) >= 11 is 12.6. The number of nitrogens with zero attached hydrogens (tertiary/aromatic N) is 1. The number of thiocarbonyl (C=S) groups is 1. The minimum atomic E-state index is -0.0583. The first-order valence-corrected chi connectivity index (χ1v) is 11.4. The molecule has 3 rings (SSSR count). The molecular formula is C23H23ClN2O2S2. The van der Waals surface area contributed by atoms with E-state index in [9.17, 15) is 9.59 Å². The lowest BCUT2D eigenvalue weighted by Gasteiger charge is -2.14. The van der Waals surface area contributed by atoms with E-state index >= 15 is 0 Å². The maximum absolute atomic E-state index is 12.6. The molecule has 1 aliphatic rings. The number of amides is 2. The second-order valence-corrected chi connectivity index (χ2v) is 9.22. The Balaban J connectivity index is 1.40. The number of carbonyl (C=O) groups excluding carboxylic acids is 2. The largest absolute Gasteiger partial charge is 0.326 e. The number of thioether (sulfide) groups is 1. The van der Waals surface area contributed by atoms with Crippen LogP contribution in [0.25, 0.3) is 6.08 Å². The second-order valence-electron chi connectivity index (χ2n) is 7.11. The van der Waals surface area contributed by atoms with E-state index in [0.29, 0.717) is 27.2 Å². The molecule has 2 amide bonds. The molecule has 1 N–H and O–H groups in total. The van der Waals surface area contributed by atoms with Gasteiger partial charge in [-0.3, -0.25) is 14.5 Å². The molecule has 2 aromatic carbocycles. The Morgan fingerprint density at radius 2 is 1.80 bits per heavy atom. The Labute approximate surface area is 191 Å². The van der Waals surface area contributed by atoms with E-state index in [0.717, 1.165) is 36.1 Å². The number of hydrogen-bond donors (Lipinski definition) is 1. The fraction of sp³-hybridized carbons (Fsp3) is 0.261. The molecule has 1 saturated heterocycles. The number of nitrogens with one attached hydrogen (secondary N) is 1. The summed E-state index contributed by atoms with van der Waals surface area (Å²) in [4.78, 5) is 27.0. The number of hydrogen-bond acceptors (Lipinski definition) is 4. The standard InChI is InChI=1S/C23H23ClN2O2S2/c1-16-6-12-19(13-7-16)25-21(27)5-3-2-4-14-26-22(28)20(30-23(26)29)15-17-8-10-18(24)11-9-17/h6-13,15H,2-5,14H2,1H3,(H,25,27). The third-order valence-electron chi connectivity index (χ3n) is 4.66. The van der Waals surface area contributed by atoms with Gasteiger partial charge in [0, 0.05) is 23.7 Å². The van der Waals surface area contributed by atoms with Crippen molar-refractivity contribution in [3.63, 3.8) is 0 Å². The van der Waals surface area contributed by atoms with Crippen LogP contribution in [0.15, 0.2) is 53.4 Å². The van der Waals surface area contributed by atoms with Crippen LogP contribution < -0.4 is 5.32 Å². The SMILES string of the molecule is Cc1ccc(NC(=O)CCCCCN2C(=O)C(=Cc3ccc(Cl)cc3)SC2=S)cc1. The highest BCUT2D eigenvalue weighted by atomic mass is 35.5. The van der Waals surface area contributed by atoms with Gasteiger partial charge in [0.15, 0.2) is 0 Å². The number of halogens is 1. The molecule has 4 nitrogen and oxygen atoms in total. The Morgan fingerprint density at radius 3 is 2.50 bits per heavy atom. The predicted octanol–water partition coefficient (Wildman–Crippen LogP) is 6.05. The van der Waals surface area contributed by atoms with Gasteiger partial charge in [-0.25, -0.2) is 0 Å². The molecule has 0 aromatic heterocycles. The molecule has 0 spiro atoms. The molecule has 0 saturated carbocycles. The van der Waals surface area contributed by atoms with Gasteiger partial charge in [-0.15, -0.1) is 0 Å². The first kappa shape index (κ1) is 22.5. The van der Waals surface area contributed by atoms with Gasteiger partial charge in [-0.05, 0) is 55.7 Å². The molecule has 0 radical (unpaired) electrons. The van der Waals surface area contributed by atoms with Crippen LogP contribution in [0, 0.1) is 6.92 Å². The maximum Gasteiger partial charge on any atom is 0.266 e. The smallest absolute Gasteiger partial charge is 0.266 e. The third kappa shape index (κ3) is 6.42. The second kappa shape index (κ2) is 10.8. The number of anilines is 1. The van der Waals surface area contributed by atoms with E-state index in [1.54, 1.807) is 17.0 Å². The molecular weight excluding hydrogens is 436 g/mol. The van der Waals surface area contributed by atoms with Crippen LogP contribution in [0.2, 0.25) is 5.02 Å². The summed E-state index contributed by atoms with van der Waals surface area (Å²) in [5.41, 5.74) is 2.89. The topological polar surface area (TPSA) is 49.4 Å². The highest BCUT2D eigenvalue weighted by molar-refractivity contribution is 8.26. The Kier molecular flexibility index (Phi) is 8.08. The van der Waals surface area contributed by atoms with Crippen molar-refractivity contribution in [1.29, 1.82) is 0 Å². The van der Waals surface area contributed by atoms with Crippen molar-refractivity contribution < 1.29 is 9.59 Å². The fourth-order valence-electron chi connectivity index (χ4n) is 3.00. The number of unbranched alkanes of at least 4 members (excludes halogenated alkanes) is 2. The zero-order chi connectivity index (χ0) is 21.5. The highest BCUT2D eigenvalue weighted by Gasteiger charge is 2.31. The summed E-state index contributed by atoms with van der Waals surface area (Å²) in [5, 5.41) is 3.56. The van der Waals surface area contributed by atoms with Gasteiger partial charge in [0.05, 0.1) is 4.91 Å². The van der Waals surface area contributed by atoms with Gasteiger partial charge in [0.2, 0.25) is 5.91 Å². The highest BCUT2D eigenvalue weighted by Crippen LogP contribution is 2.33. The van der Waals surface area contributed by atoms with Crippen molar-refractivity contribution in [3.8, 4) is 0 Å². The molecule has 0 bridgehead atoms. The molecule has 1 fully saturated rings. The van der Waals surface area contributed by atoms with Crippen LogP contribution in [-0.2, 0) is 9.59 Å². The van der Waals surface area contributed by atoms with E-state index in [2.05, 4.69) is 5.32 Å². The molecule has 30 heavy (non-hydrogen) atoms. The summed E-state index contributed by atoms with van der Waals surface area (Å²) < 4.78 is 0.581. The third-order valence-corrected chi connectivity index (χ3v) is 6.29. The zero-order valence-corrected chi connectivity index (χ0v) is 19.1. The summed E-state index contributed by atoms with van der Waals surface area (Å²) in [7, 11) is 0. The summed E-state index contributed by atoms with van der Waals surface area (Å²) in [5.74, 6) is -0.0487. The van der Waals surface area contributed by atoms with E-state index in [1.807, 2.05) is 49.4 Å². The number of benzene rings is 2. The minimum Gasteiger partial charge on any atom is -0.326 e. The van der Waals surface area contributed by atoms with Crippen LogP contribution in [0.5, 0.6) is 0 Å². The van der Waals surface area contributed by atoms with Gasteiger partial charge in [0.1, 0.15) is 4.32 Å². The first-order valence-electron chi connectivity index (χ1n) is 9.80. The van der Waals surface area contributed by atoms with E-state index in [1.165, 1.54) is 11.8 Å². The van der Waals surface area contributed by atoms with Crippen molar-refractivity contribution in [1.82, 2.24) is 4.90 Å².